The molecule has 2 rings (SSSR count). The monoisotopic (exact) mass is 441 g/mol. The zero-order chi connectivity index (χ0) is 22.8. The summed E-state index contributed by atoms with van der Waals surface area (Å²) in [5.74, 6) is -1.23. The molecule has 2 aromatic rings. The van der Waals surface area contributed by atoms with Crippen LogP contribution in [0.3, 0.4) is 0 Å². The molecule has 160 valence electrons. The van der Waals surface area contributed by atoms with Crippen LogP contribution in [-0.4, -0.2) is 27.8 Å². The van der Waals surface area contributed by atoms with Crippen molar-refractivity contribution in [3.63, 3.8) is 0 Å². The average Bonchev–Trinajstić information content (AvgIpc) is 2.76. The topological polar surface area (TPSA) is 142 Å². The maximum absolute atomic E-state index is 12.1. The van der Waals surface area contributed by atoms with Gasteiger partial charge in [-0.15, -0.1) is 0 Å². The summed E-state index contributed by atoms with van der Waals surface area (Å²) in [7, 11) is 0. The lowest BCUT2D eigenvalue weighted by molar-refractivity contribution is -0.384. The van der Waals surface area contributed by atoms with Crippen LogP contribution in [0.4, 0.5) is 11.4 Å². The number of nitro benzene ring substituents is 1. The van der Waals surface area contributed by atoms with Gasteiger partial charge in [0.15, 0.2) is 5.11 Å². The Balaban J connectivity index is 1.82. The largest absolute Gasteiger partial charge is 0.326 e. The second-order valence-corrected chi connectivity index (χ2v) is 6.47. The van der Waals surface area contributed by atoms with Crippen molar-refractivity contribution in [1.29, 1.82) is 0 Å². The number of thiocarbonyl (C=S) groups is 1. The van der Waals surface area contributed by atoms with Crippen LogP contribution in [0, 0.1) is 10.1 Å². The first kappa shape index (κ1) is 23.2. The molecule has 10 nitrogen and oxygen atoms in total. The number of hydrogen-bond acceptors (Lipinski definition) is 6. The third kappa shape index (κ3) is 7.66. The minimum Gasteiger partial charge on any atom is -0.326 e. The predicted octanol–water partition coefficient (Wildman–Crippen LogP) is 2.29. The number of anilines is 1. The highest BCUT2D eigenvalue weighted by atomic mass is 32.1. The quantitative estimate of drug-likeness (QED) is 0.233. The Labute approximate surface area is 182 Å². The van der Waals surface area contributed by atoms with Crippen LogP contribution in [0.5, 0.6) is 0 Å². The maximum atomic E-state index is 12.1. The second-order valence-electron chi connectivity index (χ2n) is 6.06. The van der Waals surface area contributed by atoms with Gasteiger partial charge in [-0.2, -0.15) is 0 Å². The number of carbonyl (C=O) groups excluding carboxylic acids is 3. The number of rotatable bonds is 6. The summed E-state index contributed by atoms with van der Waals surface area (Å²) >= 11 is 4.94. The fraction of sp³-hybridized carbons (Fsp3) is 0.100. The van der Waals surface area contributed by atoms with E-state index < -0.39 is 16.7 Å². The minimum atomic E-state index is -0.589. The fourth-order valence-corrected chi connectivity index (χ4v) is 2.39. The second kappa shape index (κ2) is 11.2. The van der Waals surface area contributed by atoms with Gasteiger partial charge in [0.05, 0.1) is 4.92 Å². The van der Waals surface area contributed by atoms with Gasteiger partial charge in [-0.05, 0) is 48.1 Å². The standard InChI is InChI=1S/C20H19N5O5S/c1-2-17(26)21-15-9-7-14(8-10-15)19(28)23-24-20(31)22-18(27)11-6-13-4-3-5-16(12-13)25(29)30/h3-12H,2H2,1H3,(H,21,26)(H,23,28)(H2,22,24,27,31)/b11-6+. The van der Waals surface area contributed by atoms with Crippen LogP contribution in [-0.2, 0) is 9.59 Å². The van der Waals surface area contributed by atoms with Gasteiger partial charge in [0, 0.05) is 35.9 Å². The highest BCUT2D eigenvalue weighted by Crippen LogP contribution is 2.14. The number of amides is 3. The van der Waals surface area contributed by atoms with Crippen LogP contribution in [0.1, 0.15) is 29.3 Å². The van der Waals surface area contributed by atoms with E-state index in [9.17, 15) is 24.5 Å². The van der Waals surface area contributed by atoms with Gasteiger partial charge in [0.25, 0.3) is 11.6 Å². The smallest absolute Gasteiger partial charge is 0.270 e. The average molecular weight is 441 g/mol. The van der Waals surface area contributed by atoms with Crippen molar-refractivity contribution in [2.45, 2.75) is 13.3 Å². The van der Waals surface area contributed by atoms with E-state index >= 15 is 0 Å². The van der Waals surface area contributed by atoms with Gasteiger partial charge in [0.2, 0.25) is 11.8 Å². The molecule has 0 heterocycles. The van der Waals surface area contributed by atoms with E-state index in [2.05, 4.69) is 21.5 Å². The lowest BCUT2D eigenvalue weighted by atomic mass is 10.2. The maximum Gasteiger partial charge on any atom is 0.270 e. The minimum absolute atomic E-state index is 0.0942. The van der Waals surface area contributed by atoms with Crippen molar-refractivity contribution in [1.82, 2.24) is 16.2 Å². The highest BCUT2D eigenvalue weighted by Gasteiger charge is 2.08. The van der Waals surface area contributed by atoms with E-state index in [1.807, 2.05) is 0 Å². The van der Waals surface area contributed by atoms with E-state index in [1.54, 1.807) is 25.1 Å². The molecular formula is C20H19N5O5S. The summed E-state index contributed by atoms with van der Waals surface area (Å²) in [6, 6.07) is 12.0. The summed E-state index contributed by atoms with van der Waals surface area (Å²) in [5, 5.41) is 15.6. The van der Waals surface area contributed by atoms with Gasteiger partial charge in [-0.1, -0.05) is 19.1 Å². The number of hydrogen-bond donors (Lipinski definition) is 4. The van der Waals surface area contributed by atoms with E-state index in [1.165, 1.54) is 36.4 Å². The molecule has 0 aliphatic rings. The lowest BCUT2D eigenvalue weighted by Crippen LogP contribution is -2.48. The third-order valence-electron chi connectivity index (χ3n) is 3.79. The summed E-state index contributed by atoms with van der Waals surface area (Å²) in [5.41, 5.74) is 5.98. The first-order valence-corrected chi connectivity index (χ1v) is 9.43. The normalized spacial score (nSPS) is 10.2. The van der Waals surface area contributed by atoms with Crippen molar-refractivity contribution in [2.75, 3.05) is 5.32 Å². The molecule has 0 bridgehead atoms. The number of hydrazine groups is 1. The zero-order valence-corrected chi connectivity index (χ0v) is 17.2. The Morgan fingerprint density at radius 3 is 2.45 bits per heavy atom. The fourth-order valence-electron chi connectivity index (χ4n) is 2.24. The number of nitro groups is 1. The summed E-state index contributed by atoms with van der Waals surface area (Å²) in [6.07, 6.45) is 2.89. The highest BCUT2D eigenvalue weighted by molar-refractivity contribution is 7.80. The van der Waals surface area contributed by atoms with Crippen LogP contribution in [0.25, 0.3) is 6.08 Å². The molecule has 0 unspecified atom stereocenters. The SMILES string of the molecule is CCC(=O)Nc1ccc(C(=O)NNC(=S)NC(=O)/C=C/c2cccc([N+](=O)[O-])c2)cc1. The van der Waals surface area contributed by atoms with E-state index in [0.717, 1.165) is 6.08 Å². The van der Waals surface area contributed by atoms with Gasteiger partial charge in [0.1, 0.15) is 0 Å². The van der Waals surface area contributed by atoms with Crippen LogP contribution < -0.4 is 21.5 Å². The van der Waals surface area contributed by atoms with Crippen LogP contribution >= 0.6 is 12.2 Å². The molecule has 0 aromatic heterocycles. The molecule has 0 fully saturated rings. The molecule has 0 atom stereocenters. The Morgan fingerprint density at radius 1 is 1.10 bits per heavy atom. The van der Waals surface area contributed by atoms with Crippen molar-refractivity contribution >= 4 is 52.5 Å². The molecule has 0 radical (unpaired) electrons. The van der Waals surface area contributed by atoms with Crippen LogP contribution in [0.2, 0.25) is 0 Å². The molecule has 0 saturated carbocycles. The molecule has 0 aliphatic heterocycles. The predicted molar refractivity (Wildman–Crippen MR) is 119 cm³/mol. The van der Waals surface area contributed by atoms with E-state index in [0.29, 0.717) is 23.2 Å². The third-order valence-corrected chi connectivity index (χ3v) is 3.99. The number of nitrogens with zero attached hydrogens (tertiary/aromatic N) is 1. The van der Waals surface area contributed by atoms with Crippen LogP contribution in [0.15, 0.2) is 54.6 Å². The first-order chi connectivity index (χ1) is 14.8. The molecule has 0 saturated heterocycles. The summed E-state index contributed by atoms with van der Waals surface area (Å²) in [4.78, 5) is 45.6. The zero-order valence-electron chi connectivity index (χ0n) is 16.4. The van der Waals surface area contributed by atoms with Gasteiger partial charge in [-0.3, -0.25) is 40.7 Å². The van der Waals surface area contributed by atoms with Crippen molar-refractivity contribution in [3.8, 4) is 0 Å². The Morgan fingerprint density at radius 2 is 1.81 bits per heavy atom. The molecule has 31 heavy (non-hydrogen) atoms. The van der Waals surface area contributed by atoms with Gasteiger partial charge in [-0.25, -0.2) is 0 Å². The van der Waals surface area contributed by atoms with Crippen molar-refractivity contribution in [2.24, 2.45) is 0 Å². The van der Waals surface area contributed by atoms with E-state index in [-0.39, 0.29) is 16.7 Å². The molecule has 3 amide bonds. The van der Waals surface area contributed by atoms with Gasteiger partial charge >= 0.3 is 0 Å². The number of nitrogens with one attached hydrogen (secondary N) is 4. The summed E-state index contributed by atoms with van der Waals surface area (Å²) < 4.78 is 0. The van der Waals surface area contributed by atoms with Crippen molar-refractivity contribution < 1.29 is 19.3 Å². The summed E-state index contributed by atoms with van der Waals surface area (Å²) in [6.45, 7) is 1.73. The number of carbonyl (C=O) groups is 3. The number of benzene rings is 2. The Hall–Kier alpha value is -4.12. The number of non-ortho nitro benzene ring substituents is 1. The Kier molecular flexibility index (Phi) is 8.34. The molecular weight excluding hydrogens is 422 g/mol. The molecule has 0 spiro atoms. The lowest BCUT2D eigenvalue weighted by Gasteiger charge is -2.10. The van der Waals surface area contributed by atoms with Gasteiger partial charge < -0.3 is 5.32 Å². The van der Waals surface area contributed by atoms with Crippen molar-refractivity contribution in [3.05, 3.63) is 75.8 Å². The Bertz CT molecular complexity index is 1040. The molecule has 0 aliphatic carbocycles. The molecule has 11 heteroatoms. The first-order valence-electron chi connectivity index (χ1n) is 9.02. The van der Waals surface area contributed by atoms with E-state index in [4.69, 9.17) is 12.2 Å². The molecule has 4 N–H and O–H groups in total. The molecule has 2 aromatic carbocycles.